The fourth-order valence-corrected chi connectivity index (χ4v) is 2.82. The van der Waals surface area contributed by atoms with Crippen molar-refractivity contribution in [3.8, 4) is 17.1 Å². The first-order chi connectivity index (χ1) is 12.6. The van der Waals surface area contributed by atoms with E-state index in [1.807, 2.05) is 18.4 Å². The first-order valence-corrected chi connectivity index (χ1v) is 9.08. The van der Waals surface area contributed by atoms with Crippen molar-refractivity contribution in [1.82, 2.24) is 0 Å². The SMILES string of the molecule is CSc1ccc(C(=O)/C=C/c2ccc(-c3ccc(O)c(C=O)c3)o2)cc1. The van der Waals surface area contributed by atoms with Gasteiger partial charge < -0.3 is 9.52 Å². The minimum atomic E-state index is -0.108. The molecule has 0 fully saturated rings. The molecule has 0 aliphatic carbocycles. The molecule has 0 saturated carbocycles. The molecule has 5 heteroatoms. The lowest BCUT2D eigenvalue weighted by Gasteiger charge is -2.00. The average molecular weight is 364 g/mol. The van der Waals surface area contributed by atoms with Crippen molar-refractivity contribution in [3.05, 3.63) is 77.6 Å². The van der Waals surface area contributed by atoms with Crippen molar-refractivity contribution in [2.24, 2.45) is 0 Å². The molecular formula is C21H16O4S. The van der Waals surface area contributed by atoms with Crippen molar-refractivity contribution in [3.63, 3.8) is 0 Å². The Bertz CT molecular complexity index is 968. The van der Waals surface area contributed by atoms with Gasteiger partial charge in [0.2, 0.25) is 0 Å². The average Bonchev–Trinajstić information content (AvgIpc) is 3.15. The van der Waals surface area contributed by atoms with Gasteiger partial charge in [0.1, 0.15) is 17.3 Å². The standard InChI is InChI=1S/C21H16O4S/c1-26-18-7-2-14(3-8-18)19(23)10-5-17-6-11-21(25-17)15-4-9-20(24)16(12-15)13-22/h2-13,24H,1H3/b10-5+. The lowest BCUT2D eigenvalue weighted by Crippen LogP contribution is -1.93. The van der Waals surface area contributed by atoms with Crippen LogP contribution in [0.4, 0.5) is 0 Å². The van der Waals surface area contributed by atoms with E-state index in [2.05, 4.69) is 0 Å². The number of carbonyl (C=O) groups excluding carboxylic acids is 2. The van der Waals surface area contributed by atoms with Crippen LogP contribution in [0.15, 0.2) is 70.0 Å². The summed E-state index contributed by atoms with van der Waals surface area (Å²) in [6.07, 6.45) is 5.64. The largest absolute Gasteiger partial charge is 0.507 e. The predicted octanol–water partition coefficient (Wildman–Crippen LogP) is 5.08. The lowest BCUT2D eigenvalue weighted by molar-refractivity contribution is 0.104. The minimum absolute atomic E-state index is 0.0755. The normalized spacial score (nSPS) is 11.0. The van der Waals surface area contributed by atoms with Crippen molar-refractivity contribution in [2.45, 2.75) is 4.90 Å². The first-order valence-electron chi connectivity index (χ1n) is 7.85. The zero-order chi connectivity index (χ0) is 18.5. The molecule has 0 unspecified atom stereocenters. The number of ketones is 1. The highest BCUT2D eigenvalue weighted by Gasteiger charge is 2.08. The van der Waals surface area contributed by atoms with Crippen molar-refractivity contribution in [2.75, 3.05) is 6.26 Å². The van der Waals surface area contributed by atoms with E-state index >= 15 is 0 Å². The number of hydrogen-bond donors (Lipinski definition) is 1. The van der Waals surface area contributed by atoms with Gasteiger partial charge in [0, 0.05) is 16.0 Å². The molecule has 3 aromatic rings. The zero-order valence-corrected chi connectivity index (χ0v) is 14.8. The van der Waals surface area contributed by atoms with E-state index in [1.54, 1.807) is 54.2 Å². The van der Waals surface area contributed by atoms with Gasteiger partial charge >= 0.3 is 0 Å². The fraction of sp³-hybridized carbons (Fsp3) is 0.0476. The number of thioether (sulfide) groups is 1. The third-order valence-corrected chi connectivity index (χ3v) is 4.58. The van der Waals surface area contributed by atoms with E-state index in [0.29, 0.717) is 28.9 Å². The topological polar surface area (TPSA) is 67.5 Å². The molecule has 0 aliphatic heterocycles. The maximum atomic E-state index is 12.2. The van der Waals surface area contributed by atoms with Crippen LogP contribution in [0.5, 0.6) is 5.75 Å². The smallest absolute Gasteiger partial charge is 0.185 e. The number of hydrogen-bond acceptors (Lipinski definition) is 5. The maximum Gasteiger partial charge on any atom is 0.185 e. The number of aldehydes is 1. The summed E-state index contributed by atoms with van der Waals surface area (Å²) in [4.78, 5) is 24.2. The first kappa shape index (κ1) is 17.8. The second kappa shape index (κ2) is 7.89. The molecule has 26 heavy (non-hydrogen) atoms. The van der Waals surface area contributed by atoms with E-state index in [-0.39, 0.29) is 17.1 Å². The molecule has 130 valence electrons. The van der Waals surface area contributed by atoms with Crippen LogP contribution in [0.2, 0.25) is 0 Å². The van der Waals surface area contributed by atoms with Gasteiger partial charge in [0.25, 0.3) is 0 Å². The number of allylic oxidation sites excluding steroid dienone is 1. The molecule has 1 heterocycles. The van der Waals surface area contributed by atoms with E-state index in [9.17, 15) is 14.7 Å². The highest BCUT2D eigenvalue weighted by atomic mass is 32.2. The van der Waals surface area contributed by atoms with E-state index in [1.165, 1.54) is 12.1 Å². The van der Waals surface area contributed by atoms with Crippen molar-refractivity contribution >= 4 is 29.9 Å². The minimum Gasteiger partial charge on any atom is -0.507 e. The van der Waals surface area contributed by atoms with Gasteiger partial charge in [-0.1, -0.05) is 0 Å². The Morgan fingerprint density at radius 1 is 1.08 bits per heavy atom. The van der Waals surface area contributed by atoms with Gasteiger partial charge in [-0.25, -0.2) is 0 Å². The molecule has 3 rings (SSSR count). The predicted molar refractivity (Wildman–Crippen MR) is 103 cm³/mol. The van der Waals surface area contributed by atoms with Crippen LogP contribution >= 0.6 is 11.8 Å². The summed E-state index contributed by atoms with van der Waals surface area (Å²) in [5, 5.41) is 9.56. The molecule has 0 aliphatic rings. The summed E-state index contributed by atoms with van der Waals surface area (Å²) in [6, 6.07) is 15.5. The number of benzene rings is 2. The van der Waals surface area contributed by atoms with Crippen LogP contribution in [-0.4, -0.2) is 23.4 Å². The quantitative estimate of drug-likeness (QED) is 0.286. The van der Waals surface area contributed by atoms with Gasteiger partial charge in [0.05, 0.1) is 5.56 Å². The van der Waals surface area contributed by atoms with Gasteiger partial charge in [-0.15, -0.1) is 11.8 Å². The van der Waals surface area contributed by atoms with E-state index in [4.69, 9.17) is 4.42 Å². The number of carbonyl (C=O) groups is 2. The molecule has 1 aromatic heterocycles. The number of phenols is 1. The molecule has 2 aromatic carbocycles. The highest BCUT2D eigenvalue weighted by Crippen LogP contribution is 2.27. The molecule has 0 bridgehead atoms. The Balaban J connectivity index is 1.76. The second-order valence-electron chi connectivity index (χ2n) is 5.52. The van der Waals surface area contributed by atoms with Gasteiger partial charge in [0.15, 0.2) is 12.1 Å². The molecule has 4 nitrogen and oxygen atoms in total. The summed E-state index contributed by atoms with van der Waals surface area (Å²) in [5.41, 5.74) is 1.48. The van der Waals surface area contributed by atoms with E-state index < -0.39 is 0 Å². The summed E-state index contributed by atoms with van der Waals surface area (Å²) < 4.78 is 5.69. The second-order valence-corrected chi connectivity index (χ2v) is 6.40. The number of phenolic OH excluding ortho intramolecular Hbond substituents is 1. The summed E-state index contributed by atoms with van der Waals surface area (Å²) in [6.45, 7) is 0. The molecule has 0 saturated heterocycles. The Labute approximate surface area is 155 Å². The number of rotatable bonds is 6. The molecular weight excluding hydrogens is 348 g/mol. The summed E-state index contributed by atoms with van der Waals surface area (Å²) in [5.74, 6) is 0.885. The molecule has 0 atom stereocenters. The fourth-order valence-electron chi connectivity index (χ4n) is 2.41. The van der Waals surface area contributed by atoms with Crippen LogP contribution in [-0.2, 0) is 0 Å². The Morgan fingerprint density at radius 3 is 2.54 bits per heavy atom. The lowest BCUT2D eigenvalue weighted by atomic mass is 10.1. The summed E-state index contributed by atoms with van der Waals surface area (Å²) >= 11 is 1.62. The van der Waals surface area contributed by atoms with Crippen LogP contribution in [0, 0.1) is 0 Å². The van der Waals surface area contributed by atoms with Crippen molar-refractivity contribution in [1.29, 1.82) is 0 Å². The highest BCUT2D eigenvalue weighted by molar-refractivity contribution is 7.98. The molecule has 1 N–H and O–H groups in total. The zero-order valence-electron chi connectivity index (χ0n) is 14.0. The monoisotopic (exact) mass is 364 g/mol. The molecule has 0 amide bonds. The van der Waals surface area contributed by atoms with E-state index in [0.717, 1.165) is 4.90 Å². The Morgan fingerprint density at radius 2 is 1.85 bits per heavy atom. The van der Waals surface area contributed by atoms with Gasteiger partial charge in [-0.2, -0.15) is 0 Å². The Kier molecular flexibility index (Phi) is 5.39. The van der Waals surface area contributed by atoms with Crippen LogP contribution in [0.25, 0.3) is 17.4 Å². The van der Waals surface area contributed by atoms with Crippen LogP contribution < -0.4 is 0 Å². The number of furan rings is 1. The maximum absolute atomic E-state index is 12.2. The van der Waals surface area contributed by atoms with Crippen LogP contribution in [0.1, 0.15) is 26.5 Å². The molecule has 0 radical (unpaired) electrons. The third-order valence-electron chi connectivity index (χ3n) is 3.84. The van der Waals surface area contributed by atoms with Crippen LogP contribution in [0.3, 0.4) is 0 Å². The third kappa shape index (κ3) is 3.95. The number of aromatic hydroxyl groups is 1. The van der Waals surface area contributed by atoms with Gasteiger partial charge in [-0.05, 0) is 73.0 Å². The Hall–Kier alpha value is -3.05. The summed E-state index contributed by atoms with van der Waals surface area (Å²) in [7, 11) is 0. The van der Waals surface area contributed by atoms with Crippen molar-refractivity contribution < 1.29 is 19.1 Å². The molecule has 0 spiro atoms. The van der Waals surface area contributed by atoms with Gasteiger partial charge in [-0.3, -0.25) is 9.59 Å².